The number of aliphatic hydroxyl groups is 2. The van der Waals surface area contributed by atoms with E-state index < -0.39 is 18.2 Å². The van der Waals surface area contributed by atoms with E-state index in [1.165, 1.54) is 0 Å². The molecule has 4 rings (SSSR count). The monoisotopic (exact) mass is 636 g/mol. The summed E-state index contributed by atoms with van der Waals surface area (Å²) in [7, 11) is 0. The molecule has 0 fully saturated rings. The molecular formula is C28H33IN2O7. The number of nitrogens with one attached hydrogen (secondary N) is 1. The minimum Gasteiger partial charge on any atom is -0.482 e. The van der Waals surface area contributed by atoms with E-state index >= 15 is 0 Å². The molecule has 3 atom stereocenters. The lowest BCUT2D eigenvalue weighted by Gasteiger charge is -2.41. The van der Waals surface area contributed by atoms with Crippen LogP contribution in [0.5, 0.6) is 17.2 Å². The number of amides is 2. The number of ether oxygens (including phenoxy) is 3. The number of hydrogen-bond acceptors (Lipinski definition) is 7. The Bertz CT molecular complexity index is 1190. The number of carbonyl (C=O) groups excluding carboxylic acids is 2. The molecule has 0 saturated heterocycles. The molecule has 9 nitrogen and oxygen atoms in total. The Morgan fingerprint density at radius 3 is 2.68 bits per heavy atom. The smallest absolute Gasteiger partial charge is 0.247 e. The topological polar surface area (TPSA) is 118 Å². The molecule has 2 aromatic rings. The average Bonchev–Trinajstić information content (AvgIpc) is 3.36. The van der Waals surface area contributed by atoms with Gasteiger partial charge in [0.15, 0.2) is 11.5 Å². The van der Waals surface area contributed by atoms with Crippen molar-refractivity contribution in [2.45, 2.75) is 51.5 Å². The van der Waals surface area contributed by atoms with Crippen LogP contribution in [0.15, 0.2) is 54.1 Å². The lowest BCUT2D eigenvalue weighted by atomic mass is 9.87. The second kappa shape index (κ2) is 12.8. The zero-order valence-corrected chi connectivity index (χ0v) is 23.6. The molecule has 38 heavy (non-hydrogen) atoms. The van der Waals surface area contributed by atoms with Crippen molar-refractivity contribution in [3.8, 4) is 17.2 Å². The summed E-state index contributed by atoms with van der Waals surface area (Å²) in [6.45, 7) is 4.18. The van der Waals surface area contributed by atoms with Gasteiger partial charge in [0.05, 0.1) is 16.2 Å². The van der Waals surface area contributed by atoms with Crippen LogP contribution in [0.3, 0.4) is 0 Å². The van der Waals surface area contributed by atoms with Crippen LogP contribution in [0, 0.1) is 9.49 Å². The van der Waals surface area contributed by atoms with E-state index in [0.717, 1.165) is 9.13 Å². The van der Waals surface area contributed by atoms with E-state index in [9.17, 15) is 19.8 Å². The van der Waals surface area contributed by atoms with E-state index in [4.69, 9.17) is 14.2 Å². The van der Waals surface area contributed by atoms with Gasteiger partial charge in [-0.05, 0) is 64.4 Å². The molecule has 0 spiro atoms. The molecule has 204 valence electrons. The van der Waals surface area contributed by atoms with Gasteiger partial charge in [0.1, 0.15) is 18.0 Å². The van der Waals surface area contributed by atoms with E-state index in [1.54, 1.807) is 23.1 Å². The van der Waals surface area contributed by atoms with Crippen molar-refractivity contribution in [1.29, 1.82) is 0 Å². The summed E-state index contributed by atoms with van der Waals surface area (Å²) >= 11 is 2.15. The molecule has 1 aliphatic carbocycles. The molecule has 2 aromatic carbocycles. The Hall–Kier alpha value is -2.83. The lowest BCUT2D eigenvalue weighted by Crippen LogP contribution is -2.55. The van der Waals surface area contributed by atoms with Gasteiger partial charge in [-0.25, -0.2) is 0 Å². The summed E-state index contributed by atoms with van der Waals surface area (Å²) in [5.74, 6) is 1.41. The summed E-state index contributed by atoms with van der Waals surface area (Å²) in [5.41, 5.74) is 1.20. The molecule has 1 heterocycles. The Morgan fingerprint density at radius 2 is 1.95 bits per heavy atom. The van der Waals surface area contributed by atoms with Gasteiger partial charge in [0.25, 0.3) is 0 Å². The Labute approximate surface area is 235 Å². The van der Waals surface area contributed by atoms with Crippen molar-refractivity contribution < 1.29 is 34.0 Å². The van der Waals surface area contributed by atoms with Crippen molar-refractivity contribution in [3.63, 3.8) is 0 Å². The van der Waals surface area contributed by atoms with E-state index in [0.29, 0.717) is 22.8 Å². The first-order chi connectivity index (χ1) is 18.3. The maximum Gasteiger partial charge on any atom is 0.247 e. The molecule has 1 aliphatic heterocycles. The molecule has 2 aliphatic rings. The third-order valence-corrected chi connectivity index (χ3v) is 7.30. The predicted molar refractivity (Wildman–Crippen MR) is 149 cm³/mol. The van der Waals surface area contributed by atoms with E-state index in [-0.39, 0.29) is 57.1 Å². The van der Waals surface area contributed by atoms with Crippen LogP contribution in [-0.4, -0.2) is 65.1 Å². The third kappa shape index (κ3) is 6.78. The maximum atomic E-state index is 13.6. The highest BCUT2D eigenvalue weighted by Gasteiger charge is 2.40. The Kier molecular flexibility index (Phi) is 9.50. The Balaban J connectivity index is 1.67. The number of nitrogens with zero attached hydrogens (tertiary/aromatic N) is 1. The molecular weight excluding hydrogens is 603 g/mol. The van der Waals surface area contributed by atoms with Gasteiger partial charge < -0.3 is 34.6 Å². The third-order valence-electron chi connectivity index (χ3n) is 6.41. The second-order valence-electron chi connectivity index (χ2n) is 9.75. The summed E-state index contributed by atoms with van der Waals surface area (Å²) < 4.78 is 18.0. The lowest BCUT2D eigenvalue weighted by molar-refractivity contribution is -0.140. The zero-order chi connectivity index (χ0) is 27.2. The predicted octanol–water partition coefficient (Wildman–Crippen LogP) is 3.01. The van der Waals surface area contributed by atoms with Crippen molar-refractivity contribution >= 4 is 34.4 Å². The number of para-hydroxylation sites is 1. The highest BCUT2D eigenvalue weighted by molar-refractivity contribution is 14.1. The van der Waals surface area contributed by atoms with Crippen LogP contribution in [0.1, 0.15) is 32.3 Å². The molecule has 0 unspecified atom stereocenters. The molecule has 10 heteroatoms. The van der Waals surface area contributed by atoms with Gasteiger partial charge in [0.2, 0.25) is 18.6 Å². The summed E-state index contributed by atoms with van der Waals surface area (Å²) in [6.07, 6.45) is 0.0727. The number of carbonyl (C=O) groups is 2. The number of aliphatic hydroxyl groups excluding tert-OH is 2. The standard InChI is InChI=1S/C28H33IN2O7/c1-17(2)11-26(33)31(15-18-7-8-23-24(12-18)37-16-36-23)21-13-19(28(35)30-9-10-32)14-25(27(21)34)38-22-6-4-3-5-20(22)29/h3-8,12,14,17,21,25,27,32,34H,9-11,13,15-16H2,1-2H3,(H,30,35)/t21-,25+,27+/m1/s1. The van der Waals surface area contributed by atoms with Crippen LogP contribution in [0.4, 0.5) is 0 Å². The van der Waals surface area contributed by atoms with Crippen LogP contribution >= 0.6 is 22.6 Å². The van der Waals surface area contributed by atoms with Gasteiger partial charge in [-0.2, -0.15) is 0 Å². The quantitative estimate of drug-likeness (QED) is 0.344. The summed E-state index contributed by atoms with van der Waals surface area (Å²) in [6, 6.07) is 12.2. The van der Waals surface area contributed by atoms with Crippen LogP contribution in [0.25, 0.3) is 0 Å². The van der Waals surface area contributed by atoms with Gasteiger partial charge >= 0.3 is 0 Å². The normalized spacial score (nSPS) is 20.2. The van der Waals surface area contributed by atoms with E-state index in [1.807, 2.05) is 44.2 Å². The maximum absolute atomic E-state index is 13.6. The second-order valence-corrected chi connectivity index (χ2v) is 10.9. The first kappa shape index (κ1) is 28.2. The fourth-order valence-corrected chi connectivity index (χ4v) is 5.07. The molecule has 0 radical (unpaired) electrons. The van der Waals surface area contributed by atoms with Gasteiger partial charge in [-0.1, -0.05) is 32.0 Å². The zero-order valence-electron chi connectivity index (χ0n) is 21.4. The fraction of sp³-hybridized carbons (Fsp3) is 0.429. The fourth-order valence-electron chi connectivity index (χ4n) is 4.56. The summed E-state index contributed by atoms with van der Waals surface area (Å²) in [5, 5.41) is 23.4. The van der Waals surface area contributed by atoms with Gasteiger partial charge in [0, 0.05) is 31.5 Å². The van der Waals surface area contributed by atoms with Crippen LogP contribution in [0.2, 0.25) is 0 Å². The first-order valence-electron chi connectivity index (χ1n) is 12.6. The molecule has 0 aromatic heterocycles. The number of fused-ring (bicyclic) bond motifs is 1. The first-order valence-corrected chi connectivity index (χ1v) is 13.7. The van der Waals surface area contributed by atoms with Crippen LogP contribution < -0.4 is 19.5 Å². The Morgan fingerprint density at radius 1 is 1.18 bits per heavy atom. The van der Waals surface area contributed by atoms with Crippen LogP contribution in [-0.2, 0) is 16.1 Å². The molecule has 3 N–H and O–H groups in total. The molecule has 2 amide bonds. The van der Waals surface area contributed by atoms with Crippen molar-refractivity contribution in [1.82, 2.24) is 10.2 Å². The van der Waals surface area contributed by atoms with E-state index in [2.05, 4.69) is 27.9 Å². The van der Waals surface area contributed by atoms with Gasteiger partial charge in [-0.15, -0.1) is 0 Å². The van der Waals surface area contributed by atoms with Crippen molar-refractivity contribution in [2.75, 3.05) is 19.9 Å². The van der Waals surface area contributed by atoms with Gasteiger partial charge in [-0.3, -0.25) is 9.59 Å². The summed E-state index contributed by atoms with van der Waals surface area (Å²) in [4.78, 5) is 28.2. The average molecular weight is 636 g/mol. The van der Waals surface area contributed by atoms with Crippen molar-refractivity contribution in [3.05, 3.63) is 63.2 Å². The largest absolute Gasteiger partial charge is 0.482 e. The number of halogens is 1. The van der Waals surface area contributed by atoms with Crippen molar-refractivity contribution in [2.24, 2.45) is 5.92 Å². The minimum atomic E-state index is -1.09. The highest BCUT2D eigenvalue weighted by atomic mass is 127. The minimum absolute atomic E-state index is 0.0959. The number of benzene rings is 2. The SMILES string of the molecule is CC(C)CC(=O)N(Cc1ccc2c(c1)OCO2)[C@@H]1CC(C(=O)NCCO)=C[C@H](Oc2ccccc2I)[C@H]1O. The highest BCUT2D eigenvalue weighted by Crippen LogP contribution is 2.35. The molecule has 0 saturated carbocycles. The molecule has 0 bridgehead atoms. The number of rotatable bonds is 10. The number of hydrogen-bond donors (Lipinski definition) is 3.